The maximum atomic E-state index is 11.9. The predicted octanol–water partition coefficient (Wildman–Crippen LogP) is 1.95. The highest BCUT2D eigenvalue weighted by molar-refractivity contribution is 7.90. The average Bonchev–Trinajstić information content (AvgIpc) is 2.71. The van der Waals surface area contributed by atoms with Crippen molar-refractivity contribution in [3.05, 3.63) is 59.7 Å². The molecule has 2 aromatic carbocycles. The molecule has 0 atom stereocenters. The summed E-state index contributed by atoms with van der Waals surface area (Å²) in [5.41, 5.74) is 1.04. The number of aromatic carboxylic acids is 1. The number of sulfonamides is 1. The molecule has 2 aromatic rings. The molecule has 0 aliphatic carbocycles. The van der Waals surface area contributed by atoms with E-state index in [1.807, 2.05) is 0 Å². The van der Waals surface area contributed by atoms with Gasteiger partial charge in [0.05, 0.1) is 5.56 Å². The molecule has 1 aliphatic heterocycles. The lowest BCUT2D eigenvalue weighted by Crippen LogP contribution is -2.11. The number of rotatable bonds is 2. The Morgan fingerprint density at radius 3 is 2.62 bits per heavy atom. The Labute approximate surface area is 120 Å². The molecule has 0 amide bonds. The molecule has 2 N–H and O–H groups in total. The highest BCUT2D eigenvalue weighted by Crippen LogP contribution is 2.26. The number of amidine groups is 1. The van der Waals surface area contributed by atoms with Crippen molar-refractivity contribution in [2.24, 2.45) is 4.40 Å². The predicted molar refractivity (Wildman–Crippen MR) is 77.2 cm³/mol. The molecule has 0 radical (unpaired) electrons. The van der Waals surface area contributed by atoms with Gasteiger partial charge in [-0.15, -0.1) is 4.40 Å². The first-order valence-corrected chi connectivity index (χ1v) is 7.46. The number of benzene rings is 2. The summed E-state index contributed by atoms with van der Waals surface area (Å²) in [5, 5.41) is 11.8. The van der Waals surface area contributed by atoms with Gasteiger partial charge >= 0.3 is 5.97 Å². The van der Waals surface area contributed by atoms with Gasteiger partial charge in [-0.25, -0.2) is 4.79 Å². The van der Waals surface area contributed by atoms with E-state index in [4.69, 9.17) is 5.11 Å². The second-order valence-electron chi connectivity index (χ2n) is 4.42. The van der Waals surface area contributed by atoms with Crippen LogP contribution in [0.1, 0.15) is 15.9 Å². The van der Waals surface area contributed by atoms with Crippen LogP contribution in [0.2, 0.25) is 0 Å². The minimum absolute atomic E-state index is 0.106. The van der Waals surface area contributed by atoms with Gasteiger partial charge in [0.25, 0.3) is 10.0 Å². The standard InChI is InChI=1S/C14H10N2O4S/c17-14(18)9-4-3-5-10(8-9)15-13-11-6-1-2-7-12(11)21(19,20)16-13/h1-8H,(H,15,16)(H,17,18). The van der Waals surface area contributed by atoms with Gasteiger partial charge in [-0.3, -0.25) is 0 Å². The zero-order valence-corrected chi connectivity index (χ0v) is 11.5. The van der Waals surface area contributed by atoms with Crippen molar-refractivity contribution in [2.45, 2.75) is 4.90 Å². The smallest absolute Gasteiger partial charge is 0.335 e. The van der Waals surface area contributed by atoms with Gasteiger partial charge in [0.15, 0.2) is 5.84 Å². The summed E-state index contributed by atoms with van der Waals surface area (Å²) in [4.78, 5) is 11.1. The zero-order chi connectivity index (χ0) is 15.0. The summed E-state index contributed by atoms with van der Waals surface area (Å²) in [6.07, 6.45) is 0. The second-order valence-corrected chi connectivity index (χ2v) is 5.99. The number of nitrogens with one attached hydrogen (secondary N) is 1. The number of carbonyl (C=O) groups is 1. The number of anilines is 1. The van der Waals surface area contributed by atoms with E-state index in [1.165, 1.54) is 18.2 Å². The summed E-state index contributed by atoms with van der Waals surface area (Å²) in [7, 11) is -3.69. The second kappa shape index (κ2) is 4.71. The average molecular weight is 302 g/mol. The van der Waals surface area contributed by atoms with E-state index in [-0.39, 0.29) is 16.3 Å². The van der Waals surface area contributed by atoms with Gasteiger partial charge in [-0.2, -0.15) is 8.42 Å². The summed E-state index contributed by atoms with van der Waals surface area (Å²) >= 11 is 0. The van der Waals surface area contributed by atoms with Crippen molar-refractivity contribution in [1.29, 1.82) is 0 Å². The van der Waals surface area contributed by atoms with Crippen LogP contribution in [0.15, 0.2) is 57.8 Å². The van der Waals surface area contributed by atoms with Crippen LogP contribution in [-0.4, -0.2) is 25.3 Å². The molecule has 1 heterocycles. The molecule has 0 fully saturated rings. The molecule has 0 aromatic heterocycles. The van der Waals surface area contributed by atoms with E-state index in [9.17, 15) is 13.2 Å². The van der Waals surface area contributed by atoms with E-state index in [0.717, 1.165) is 0 Å². The van der Waals surface area contributed by atoms with E-state index in [0.29, 0.717) is 11.3 Å². The van der Waals surface area contributed by atoms with E-state index in [1.54, 1.807) is 30.3 Å². The van der Waals surface area contributed by atoms with E-state index < -0.39 is 16.0 Å². The summed E-state index contributed by atoms with van der Waals surface area (Å²) < 4.78 is 27.5. The van der Waals surface area contributed by atoms with Crippen molar-refractivity contribution in [3.63, 3.8) is 0 Å². The Bertz CT molecular complexity index is 872. The lowest BCUT2D eigenvalue weighted by Gasteiger charge is -2.07. The molecule has 1 aliphatic rings. The van der Waals surface area contributed by atoms with Gasteiger partial charge in [-0.1, -0.05) is 18.2 Å². The number of hydrogen-bond donors (Lipinski definition) is 2. The van der Waals surface area contributed by atoms with Crippen LogP contribution >= 0.6 is 0 Å². The van der Waals surface area contributed by atoms with Crippen molar-refractivity contribution in [2.75, 3.05) is 5.32 Å². The van der Waals surface area contributed by atoms with Crippen LogP contribution in [0, 0.1) is 0 Å². The molecule has 0 saturated carbocycles. The lowest BCUT2D eigenvalue weighted by atomic mass is 10.1. The summed E-state index contributed by atoms with van der Waals surface area (Å²) in [5.74, 6) is -0.867. The first-order valence-electron chi connectivity index (χ1n) is 6.02. The normalized spacial score (nSPS) is 15.1. The van der Waals surface area contributed by atoms with Gasteiger partial charge in [-0.05, 0) is 30.3 Å². The molecule has 21 heavy (non-hydrogen) atoms. The highest BCUT2D eigenvalue weighted by Gasteiger charge is 2.28. The third-order valence-corrected chi connectivity index (χ3v) is 4.34. The molecule has 0 spiro atoms. The van der Waals surface area contributed by atoms with Gasteiger partial charge in [0.2, 0.25) is 0 Å². The van der Waals surface area contributed by atoms with Crippen molar-refractivity contribution < 1.29 is 18.3 Å². The SMILES string of the molecule is O=C(O)c1cccc(NC2=NS(=O)(=O)c3ccccc32)c1. The Hall–Kier alpha value is -2.67. The molecule has 0 saturated heterocycles. The fourth-order valence-electron chi connectivity index (χ4n) is 2.06. The van der Waals surface area contributed by atoms with Gasteiger partial charge in [0, 0.05) is 11.3 Å². The van der Waals surface area contributed by atoms with Gasteiger partial charge < -0.3 is 10.4 Å². The first-order chi connectivity index (χ1) is 9.97. The molecule has 0 bridgehead atoms. The van der Waals surface area contributed by atoms with Crippen LogP contribution in [0.25, 0.3) is 0 Å². The number of nitrogens with zero attached hydrogens (tertiary/aromatic N) is 1. The topological polar surface area (TPSA) is 95.8 Å². The molecular formula is C14H10N2O4S. The van der Waals surface area contributed by atoms with Gasteiger partial charge in [0.1, 0.15) is 4.90 Å². The van der Waals surface area contributed by atoms with Crippen LogP contribution in [0.4, 0.5) is 5.69 Å². The monoisotopic (exact) mass is 302 g/mol. The number of hydrogen-bond acceptors (Lipinski definition) is 4. The van der Waals surface area contributed by atoms with Crippen LogP contribution in [-0.2, 0) is 10.0 Å². The molecule has 0 unspecified atom stereocenters. The number of carboxylic acids is 1. The van der Waals surface area contributed by atoms with E-state index in [2.05, 4.69) is 9.71 Å². The number of carboxylic acid groups (broad SMARTS) is 1. The quantitative estimate of drug-likeness (QED) is 0.884. The molecule has 6 nitrogen and oxygen atoms in total. The Morgan fingerprint density at radius 2 is 1.86 bits per heavy atom. The maximum Gasteiger partial charge on any atom is 0.335 e. The molecule has 106 valence electrons. The minimum Gasteiger partial charge on any atom is -0.478 e. The Kier molecular flexibility index (Phi) is 2.99. The lowest BCUT2D eigenvalue weighted by molar-refractivity contribution is 0.0697. The summed E-state index contributed by atoms with van der Waals surface area (Å²) in [6.45, 7) is 0. The fraction of sp³-hybridized carbons (Fsp3) is 0. The molecular weight excluding hydrogens is 292 g/mol. The van der Waals surface area contributed by atoms with Crippen molar-refractivity contribution in [3.8, 4) is 0 Å². The Balaban J connectivity index is 2.00. The molecule has 7 heteroatoms. The van der Waals surface area contributed by atoms with E-state index >= 15 is 0 Å². The maximum absolute atomic E-state index is 11.9. The Morgan fingerprint density at radius 1 is 1.10 bits per heavy atom. The fourth-order valence-corrected chi connectivity index (χ4v) is 3.24. The minimum atomic E-state index is -3.69. The summed E-state index contributed by atoms with van der Waals surface area (Å²) in [6, 6.07) is 12.5. The first kappa shape index (κ1) is 13.3. The highest BCUT2D eigenvalue weighted by atomic mass is 32.2. The number of fused-ring (bicyclic) bond motifs is 1. The molecule has 3 rings (SSSR count). The third kappa shape index (κ3) is 2.38. The van der Waals surface area contributed by atoms with Crippen molar-refractivity contribution >= 4 is 27.5 Å². The van der Waals surface area contributed by atoms with Crippen LogP contribution in [0.5, 0.6) is 0 Å². The zero-order valence-electron chi connectivity index (χ0n) is 10.6. The largest absolute Gasteiger partial charge is 0.478 e. The van der Waals surface area contributed by atoms with Crippen LogP contribution < -0.4 is 5.32 Å². The van der Waals surface area contributed by atoms with Crippen LogP contribution in [0.3, 0.4) is 0 Å². The third-order valence-electron chi connectivity index (χ3n) is 3.00. The van der Waals surface area contributed by atoms with Crippen molar-refractivity contribution in [1.82, 2.24) is 0 Å².